The molecule has 0 spiro atoms. The summed E-state index contributed by atoms with van der Waals surface area (Å²) in [6, 6.07) is 4.96. The lowest BCUT2D eigenvalue weighted by Crippen LogP contribution is -2.37. The van der Waals surface area contributed by atoms with Crippen LogP contribution in [-0.4, -0.2) is 18.2 Å². The van der Waals surface area contributed by atoms with Gasteiger partial charge in [-0.25, -0.2) is 0 Å². The minimum atomic E-state index is -1.43. The Balaban J connectivity index is 3.26. The molecule has 18 heavy (non-hydrogen) atoms. The first-order valence-corrected chi connectivity index (χ1v) is 6.36. The molecule has 100 valence electrons. The highest BCUT2D eigenvalue weighted by Gasteiger charge is 2.40. The van der Waals surface area contributed by atoms with Gasteiger partial charge in [0.25, 0.3) is 0 Å². The first-order valence-electron chi connectivity index (χ1n) is 5.60. The van der Waals surface area contributed by atoms with Crippen molar-refractivity contribution < 1.29 is 14.6 Å². The van der Waals surface area contributed by atoms with E-state index in [1.165, 1.54) is 14.0 Å². The molecule has 0 aliphatic rings. The summed E-state index contributed by atoms with van der Waals surface area (Å²) in [5, 5.41) is 11.2. The lowest BCUT2D eigenvalue weighted by atomic mass is 9.81. The summed E-state index contributed by atoms with van der Waals surface area (Å²) in [5.41, 5.74) is -1.00. The predicted molar refractivity (Wildman–Crippen MR) is 71.8 cm³/mol. The Morgan fingerprint density at radius 1 is 1.50 bits per heavy atom. The quantitative estimate of drug-likeness (QED) is 0.865. The van der Waals surface area contributed by atoms with Crippen LogP contribution in [0.4, 0.5) is 0 Å². The van der Waals surface area contributed by atoms with Crippen molar-refractivity contribution in [3.63, 3.8) is 0 Å². The van der Waals surface area contributed by atoms with Crippen molar-refractivity contribution >= 4 is 29.2 Å². The van der Waals surface area contributed by atoms with Gasteiger partial charge in [-0.15, -0.1) is 0 Å². The van der Waals surface area contributed by atoms with Crippen molar-refractivity contribution in [3.8, 4) is 0 Å². The first kappa shape index (κ1) is 15.3. The second-order valence-corrected chi connectivity index (χ2v) is 5.02. The Labute approximate surface area is 117 Å². The van der Waals surface area contributed by atoms with Crippen molar-refractivity contribution in [1.82, 2.24) is 0 Å². The molecule has 0 saturated heterocycles. The van der Waals surface area contributed by atoms with Gasteiger partial charge >= 0.3 is 5.97 Å². The summed E-state index contributed by atoms with van der Waals surface area (Å²) < 4.78 is 4.71. The summed E-state index contributed by atoms with van der Waals surface area (Å²) in [5.74, 6) is -1.17. The van der Waals surface area contributed by atoms with E-state index in [4.69, 9.17) is 27.9 Å². The second-order valence-electron chi connectivity index (χ2n) is 4.23. The number of rotatable bonds is 4. The highest BCUT2D eigenvalue weighted by molar-refractivity contribution is 6.42. The lowest BCUT2D eigenvalue weighted by Gasteiger charge is -2.31. The fourth-order valence-corrected chi connectivity index (χ4v) is 2.51. The van der Waals surface area contributed by atoms with Gasteiger partial charge in [-0.1, -0.05) is 42.3 Å². The SMILES string of the molecule is CCC(C(=O)OC)C(C)(O)c1cccc(Cl)c1Cl. The van der Waals surface area contributed by atoms with Crippen LogP contribution in [-0.2, 0) is 15.1 Å². The van der Waals surface area contributed by atoms with E-state index in [9.17, 15) is 9.90 Å². The molecule has 0 saturated carbocycles. The van der Waals surface area contributed by atoms with Crippen LogP contribution in [0.15, 0.2) is 18.2 Å². The minimum Gasteiger partial charge on any atom is -0.469 e. The third-order valence-corrected chi connectivity index (χ3v) is 3.89. The smallest absolute Gasteiger partial charge is 0.311 e. The standard InChI is InChI=1S/C13H16Cl2O3/c1-4-8(12(16)18-3)13(2,17)9-6-5-7-10(14)11(9)15/h5-8,17H,4H2,1-3H3. The number of ether oxygens (including phenoxy) is 1. The number of halogens is 2. The van der Waals surface area contributed by atoms with E-state index in [2.05, 4.69) is 0 Å². The van der Waals surface area contributed by atoms with E-state index in [1.54, 1.807) is 25.1 Å². The number of carbonyl (C=O) groups excluding carboxylic acids is 1. The van der Waals surface area contributed by atoms with Crippen LogP contribution in [0.5, 0.6) is 0 Å². The Morgan fingerprint density at radius 3 is 2.61 bits per heavy atom. The summed E-state index contributed by atoms with van der Waals surface area (Å²) in [6.07, 6.45) is 0.433. The maximum absolute atomic E-state index is 11.7. The van der Waals surface area contributed by atoms with Crippen LogP contribution in [0.2, 0.25) is 10.0 Å². The molecule has 0 aromatic heterocycles. The molecule has 5 heteroatoms. The van der Waals surface area contributed by atoms with Gasteiger partial charge in [-0.05, 0) is 19.4 Å². The van der Waals surface area contributed by atoms with Gasteiger partial charge in [0.1, 0.15) is 5.60 Å². The van der Waals surface area contributed by atoms with Crippen molar-refractivity contribution in [2.75, 3.05) is 7.11 Å². The van der Waals surface area contributed by atoms with E-state index < -0.39 is 17.5 Å². The van der Waals surface area contributed by atoms with Crippen LogP contribution < -0.4 is 0 Å². The molecule has 3 nitrogen and oxygen atoms in total. The Bertz CT molecular complexity index is 444. The number of hydrogen-bond acceptors (Lipinski definition) is 3. The molecule has 2 atom stereocenters. The fourth-order valence-electron chi connectivity index (χ4n) is 2.02. The van der Waals surface area contributed by atoms with Crippen LogP contribution >= 0.6 is 23.2 Å². The van der Waals surface area contributed by atoms with Gasteiger partial charge in [0.15, 0.2) is 0 Å². The molecule has 1 aromatic rings. The van der Waals surface area contributed by atoms with E-state index in [1.807, 2.05) is 0 Å². The fraction of sp³-hybridized carbons (Fsp3) is 0.462. The van der Waals surface area contributed by atoms with E-state index in [0.717, 1.165) is 0 Å². The van der Waals surface area contributed by atoms with Gasteiger partial charge in [0.2, 0.25) is 0 Å². The molecule has 1 rings (SSSR count). The van der Waals surface area contributed by atoms with Crippen molar-refractivity contribution in [3.05, 3.63) is 33.8 Å². The predicted octanol–water partition coefficient (Wildman–Crippen LogP) is 3.40. The summed E-state index contributed by atoms with van der Waals surface area (Å²) in [6.45, 7) is 3.34. The third kappa shape index (κ3) is 2.79. The van der Waals surface area contributed by atoms with Gasteiger partial charge in [0.05, 0.1) is 23.1 Å². The molecule has 0 fully saturated rings. The lowest BCUT2D eigenvalue weighted by molar-refractivity contribution is -0.155. The molecule has 0 radical (unpaired) electrons. The average Bonchev–Trinajstić information content (AvgIpc) is 2.32. The molecule has 1 aromatic carbocycles. The Kier molecular flexibility index (Phi) is 5.02. The summed E-state index contributed by atoms with van der Waals surface area (Å²) >= 11 is 12.0. The van der Waals surface area contributed by atoms with E-state index in [-0.39, 0.29) is 5.02 Å². The van der Waals surface area contributed by atoms with E-state index in [0.29, 0.717) is 17.0 Å². The van der Waals surface area contributed by atoms with Gasteiger partial charge < -0.3 is 9.84 Å². The summed E-state index contributed by atoms with van der Waals surface area (Å²) in [4.78, 5) is 11.7. The van der Waals surface area contributed by atoms with Crippen molar-refractivity contribution in [2.45, 2.75) is 25.9 Å². The number of esters is 1. The van der Waals surface area contributed by atoms with Crippen LogP contribution in [0.25, 0.3) is 0 Å². The van der Waals surface area contributed by atoms with Crippen LogP contribution in [0.1, 0.15) is 25.8 Å². The molecular formula is C13H16Cl2O3. The van der Waals surface area contributed by atoms with Crippen molar-refractivity contribution in [1.29, 1.82) is 0 Å². The Morgan fingerprint density at radius 2 is 2.11 bits per heavy atom. The second kappa shape index (κ2) is 5.91. The van der Waals surface area contributed by atoms with E-state index >= 15 is 0 Å². The molecule has 0 amide bonds. The molecular weight excluding hydrogens is 275 g/mol. The number of aliphatic hydroxyl groups is 1. The number of benzene rings is 1. The number of carbonyl (C=O) groups is 1. The zero-order valence-corrected chi connectivity index (χ0v) is 12.0. The molecule has 0 aliphatic carbocycles. The van der Waals surface area contributed by atoms with Gasteiger partial charge in [-0.3, -0.25) is 4.79 Å². The van der Waals surface area contributed by atoms with Crippen molar-refractivity contribution in [2.24, 2.45) is 5.92 Å². The molecule has 0 bridgehead atoms. The van der Waals surface area contributed by atoms with Crippen LogP contribution in [0, 0.1) is 5.92 Å². The number of hydrogen-bond donors (Lipinski definition) is 1. The third-order valence-electron chi connectivity index (χ3n) is 3.07. The molecule has 1 N–H and O–H groups in total. The maximum atomic E-state index is 11.7. The topological polar surface area (TPSA) is 46.5 Å². The monoisotopic (exact) mass is 290 g/mol. The largest absolute Gasteiger partial charge is 0.469 e. The zero-order chi connectivity index (χ0) is 13.9. The highest BCUT2D eigenvalue weighted by Crippen LogP contribution is 2.39. The zero-order valence-electron chi connectivity index (χ0n) is 10.5. The molecule has 2 unspecified atom stereocenters. The number of methoxy groups -OCH3 is 1. The molecule has 0 heterocycles. The minimum absolute atomic E-state index is 0.256. The Hall–Kier alpha value is -0.770. The summed E-state index contributed by atoms with van der Waals surface area (Å²) in [7, 11) is 1.29. The maximum Gasteiger partial charge on any atom is 0.311 e. The highest BCUT2D eigenvalue weighted by atomic mass is 35.5. The van der Waals surface area contributed by atoms with Gasteiger partial charge in [-0.2, -0.15) is 0 Å². The normalized spacial score (nSPS) is 15.9. The first-order chi connectivity index (χ1) is 8.36. The van der Waals surface area contributed by atoms with Crippen LogP contribution in [0.3, 0.4) is 0 Å². The molecule has 0 aliphatic heterocycles. The average molecular weight is 291 g/mol. The van der Waals surface area contributed by atoms with Gasteiger partial charge in [0, 0.05) is 5.56 Å².